The number of rotatable bonds is 7. The number of carbonyl (C=O) groups is 3. The first-order valence-electron chi connectivity index (χ1n) is 12.0. The molecule has 3 unspecified atom stereocenters. The standard InChI is InChI=1S/C27H30N2O5/c1-3-12-27(2,25(32)29-13-20-21(14-29)23(20)24(30)31)28-26(33)34-15-22-18-10-6-4-8-16(18)17-9-5-7-11-19(17)22/h4-11,20-23H,3,12-15H2,1-2H3,(H,28,33)(H,30,31). The number of alkyl carbamates (subject to hydrolysis) is 1. The molecule has 7 heteroatoms. The van der Waals surface area contributed by atoms with Gasteiger partial charge in [-0.05, 0) is 47.4 Å². The molecule has 3 aliphatic rings. The van der Waals surface area contributed by atoms with E-state index in [0.717, 1.165) is 22.3 Å². The maximum atomic E-state index is 13.3. The zero-order chi connectivity index (χ0) is 24.0. The lowest BCUT2D eigenvalue weighted by Crippen LogP contribution is -2.58. The second-order valence-electron chi connectivity index (χ2n) is 9.93. The summed E-state index contributed by atoms with van der Waals surface area (Å²) in [5.41, 5.74) is 3.49. The van der Waals surface area contributed by atoms with E-state index < -0.39 is 17.6 Å². The summed E-state index contributed by atoms with van der Waals surface area (Å²) in [5.74, 6) is -1.28. The summed E-state index contributed by atoms with van der Waals surface area (Å²) in [4.78, 5) is 39.2. The van der Waals surface area contributed by atoms with Gasteiger partial charge in [0.25, 0.3) is 0 Å². The summed E-state index contributed by atoms with van der Waals surface area (Å²) in [6.45, 7) is 4.76. The summed E-state index contributed by atoms with van der Waals surface area (Å²) in [6.07, 6.45) is 0.577. The first kappa shape index (κ1) is 22.4. The topological polar surface area (TPSA) is 95.9 Å². The molecule has 3 atom stereocenters. The largest absolute Gasteiger partial charge is 0.481 e. The molecule has 2 aromatic carbocycles. The molecule has 2 aromatic rings. The van der Waals surface area contributed by atoms with Crippen LogP contribution < -0.4 is 5.32 Å². The Labute approximate surface area is 199 Å². The number of hydrogen-bond donors (Lipinski definition) is 2. The Bertz CT molecular complexity index is 1090. The number of amides is 2. The molecule has 7 nitrogen and oxygen atoms in total. The molecule has 178 valence electrons. The van der Waals surface area contributed by atoms with Gasteiger partial charge < -0.3 is 20.1 Å². The van der Waals surface area contributed by atoms with Crippen LogP contribution in [0.1, 0.15) is 43.7 Å². The molecule has 5 rings (SSSR count). The summed E-state index contributed by atoms with van der Waals surface area (Å²) < 4.78 is 5.67. The van der Waals surface area contributed by atoms with Crippen LogP contribution in [0.4, 0.5) is 4.79 Å². The molecule has 0 radical (unpaired) electrons. The highest BCUT2D eigenvalue weighted by Crippen LogP contribution is 2.52. The van der Waals surface area contributed by atoms with Crippen LogP contribution in [0.2, 0.25) is 0 Å². The van der Waals surface area contributed by atoms with Crippen LogP contribution in [0.5, 0.6) is 0 Å². The summed E-state index contributed by atoms with van der Waals surface area (Å²) in [7, 11) is 0. The lowest BCUT2D eigenvalue weighted by molar-refractivity contribution is -0.142. The molecule has 0 aromatic heterocycles. The van der Waals surface area contributed by atoms with Gasteiger partial charge in [-0.1, -0.05) is 61.9 Å². The van der Waals surface area contributed by atoms with E-state index in [-0.39, 0.29) is 36.2 Å². The van der Waals surface area contributed by atoms with Gasteiger partial charge in [0.2, 0.25) is 5.91 Å². The number of nitrogens with one attached hydrogen (secondary N) is 1. The Morgan fingerprint density at radius 1 is 1.03 bits per heavy atom. The molecule has 34 heavy (non-hydrogen) atoms. The number of hydrogen-bond acceptors (Lipinski definition) is 4. The van der Waals surface area contributed by atoms with Gasteiger partial charge in [-0.3, -0.25) is 9.59 Å². The second kappa shape index (κ2) is 8.46. The summed E-state index contributed by atoms with van der Waals surface area (Å²) in [5, 5.41) is 12.1. The number of carboxylic acid groups (broad SMARTS) is 1. The van der Waals surface area contributed by atoms with Crippen molar-refractivity contribution >= 4 is 18.0 Å². The SMILES string of the molecule is CCCC(C)(NC(=O)OCC1c2ccccc2-c2ccccc21)C(=O)N1CC2C(C1)C2C(=O)O. The monoisotopic (exact) mass is 462 g/mol. The van der Waals surface area contributed by atoms with Gasteiger partial charge in [0.05, 0.1) is 5.92 Å². The van der Waals surface area contributed by atoms with Gasteiger partial charge in [-0.2, -0.15) is 0 Å². The Morgan fingerprint density at radius 3 is 2.12 bits per heavy atom. The third kappa shape index (κ3) is 3.73. The van der Waals surface area contributed by atoms with Gasteiger partial charge in [0.15, 0.2) is 0 Å². The average molecular weight is 463 g/mol. The van der Waals surface area contributed by atoms with Crippen molar-refractivity contribution in [2.45, 2.75) is 38.1 Å². The smallest absolute Gasteiger partial charge is 0.408 e. The highest BCUT2D eigenvalue weighted by Gasteiger charge is 2.61. The molecule has 0 spiro atoms. The van der Waals surface area contributed by atoms with Crippen LogP contribution in [0, 0.1) is 17.8 Å². The first-order chi connectivity index (χ1) is 16.3. The maximum absolute atomic E-state index is 13.3. The fraction of sp³-hybridized carbons (Fsp3) is 0.444. The van der Waals surface area contributed by atoms with Crippen molar-refractivity contribution in [3.05, 3.63) is 59.7 Å². The van der Waals surface area contributed by atoms with Gasteiger partial charge in [-0.25, -0.2) is 4.79 Å². The van der Waals surface area contributed by atoms with Crippen LogP contribution in [0.3, 0.4) is 0 Å². The Hall–Kier alpha value is -3.35. The van der Waals surface area contributed by atoms with Crippen molar-refractivity contribution < 1.29 is 24.2 Å². The average Bonchev–Trinajstić information content (AvgIpc) is 3.18. The number of nitrogens with zero attached hydrogens (tertiary/aromatic N) is 1. The number of piperidine rings is 1. The number of fused-ring (bicyclic) bond motifs is 4. The third-order valence-corrected chi connectivity index (χ3v) is 7.71. The molecule has 1 saturated carbocycles. The predicted molar refractivity (Wildman–Crippen MR) is 126 cm³/mol. The number of aliphatic carboxylic acids is 1. The van der Waals surface area contributed by atoms with Crippen molar-refractivity contribution in [1.82, 2.24) is 10.2 Å². The molecule has 2 N–H and O–H groups in total. The molecule has 2 amide bonds. The fourth-order valence-electron chi connectivity index (χ4n) is 5.99. The van der Waals surface area contributed by atoms with Crippen LogP contribution in [0.15, 0.2) is 48.5 Å². The summed E-state index contributed by atoms with van der Waals surface area (Å²) >= 11 is 0. The minimum absolute atomic E-state index is 0.0294. The summed E-state index contributed by atoms with van der Waals surface area (Å²) in [6, 6.07) is 16.3. The predicted octanol–water partition coefficient (Wildman–Crippen LogP) is 3.87. The van der Waals surface area contributed by atoms with E-state index >= 15 is 0 Å². The van der Waals surface area contributed by atoms with Crippen LogP contribution in [-0.2, 0) is 14.3 Å². The van der Waals surface area contributed by atoms with Gasteiger partial charge >= 0.3 is 12.1 Å². The van der Waals surface area contributed by atoms with Crippen molar-refractivity contribution in [2.24, 2.45) is 17.8 Å². The zero-order valence-corrected chi connectivity index (χ0v) is 19.5. The van der Waals surface area contributed by atoms with E-state index in [4.69, 9.17) is 4.74 Å². The van der Waals surface area contributed by atoms with Crippen molar-refractivity contribution in [2.75, 3.05) is 19.7 Å². The Kier molecular flexibility index (Phi) is 5.58. The van der Waals surface area contributed by atoms with Crippen LogP contribution in [-0.4, -0.2) is 53.2 Å². The second-order valence-corrected chi connectivity index (χ2v) is 9.93. The minimum atomic E-state index is -1.09. The van der Waals surface area contributed by atoms with Gasteiger partial charge in [-0.15, -0.1) is 0 Å². The number of benzene rings is 2. The number of likely N-dealkylation sites (tertiary alicyclic amines) is 1. The van der Waals surface area contributed by atoms with Crippen LogP contribution >= 0.6 is 0 Å². The van der Waals surface area contributed by atoms with Crippen molar-refractivity contribution in [3.8, 4) is 11.1 Å². The number of ether oxygens (including phenoxy) is 1. The van der Waals surface area contributed by atoms with E-state index in [9.17, 15) is 19.5 Å². The molecule has 1 saturated heterocycles. The Balaban J connectivity index is 1.24. The third-order valence-electron chi connectivity index (χ3n) is 7.71. The normalized spacial score (nSPS) is 23.9. The van der Waals surface area contributed by atoms with Crippen LogP contribution in [0.25, 0.3) is 11.1 Å². The lowest BCUT2D eigenvalue weighted by atomic mass is 9.94. The molecular formula is C27H30N2O5. The highest BCUT2D eigenvalue weighted by atomic mass is 16.5. The molecule has 2 fully saturated rings. The maximum Gasteiger partial charge on any atom is 0.408 e. The molecule has 1 aliphatic heterocycles. The van der Waals surface area contributed by atoms with Gasteiger partial charge in [0, 0.05) is 19.0 Å². The Morgan fingerprint density at radius 2 is 1.59 bits per heavy atom. The first-order valence-corrected chi connectivity index (χ1v) is 12.0. The minimum Gasteiger partial charge on any atom is -0.481 e. The van der Waals surface area contributed by atoms with E-state index in [1.807, 2.05) is 31.2 Å². The van der Waals surface area contributed by atoms with E-state index in [1.54, 1.807) is 11.8 Å². The highest BCUT2D eigenvalue weighted by molar-refractivity contribution is 5.90. The number of carbonyl (C=O) groups excluding carboxylic acids is 2. The quantitative estimate of drug-likeness (QED) is 0.651. The van der Waals surface area contributed by atoms with E-state index in [2.05, 4.69) is 29.6 Å². The van der Waals surface area contributed by atoms with E-state index in [0.29, 0.717) is 25.9 Å². The van der Waals surface area contributed by atoms with E-state index in [1.165, 1.54) is 0 Å². The van der Waals surface area contributed by atoms with Gasteiger partial charge in [0.1, 0.15) is 12.1 Å². The number of carboxylic acids is 1. The molecule has 0 bridgehead atoms. The molecular weight excluding hydrogens is 432 g/mol. The zero-order valence-electron chi connectivity index (χ0n) is 19.5. The lowest BCUT2D eigenvalue weighted by Gasteiger charge is -2.34. The fourth-order valence-corrected chi connectivity index (χ4v) is 5.99. The molecule has 1 heterocycles. The van der Waals surface area contributed by atoms with Crippen molar-refractivity contribution in [3.63, 3.8) is 0 Å². The van der Waals surface area contributed by atoms with Crippen molar-refractivity contribution in [1.29, 1.82) is 0 Å². The molecule has 2 aliphatic carbocycles.